The molecule has 0 saturated carbocycles. The van der Waals surface area contributed by atoms with E-state index in [0.717, 1.165) is 18.9 Å². The highest BCUT2D eigenvalue weighted by Crippen LogP contribution is 2.38. The molecule has 1 rings (SSSR count). The van der Waals surface area contributed by atoms with Crippen LogP contribution in [-0.2, 0) is 19.0 Å². The molecule has 7 heteroatoms. The molecule has 1 unspecified atom stereocenters. The fraction of sp³-hybridized carbons (Fsp3) is 0.667. The first-order chi connectivity index (χ1) is 7.45. The van der Waals surface area contributed by atoms with Crippen LogP contribution < -0.4 is 0 Å². The van der Waals surface area contributed by atoms with Crippen molar-refractivity contribution in [1.82, 2.24) is 0 Å². The molecule has 0 aromatic heterocycles. The molecule has 1 saturated heterocycles. The summed E-state index contributed by atoms with van der Waals surface area (Å²) in [6.07, 6.45) is -3.65. The highest BCUT2D eigenvalue weighted by Gasteiger charge is 2.47. The standard InChI is InChI=1S/C9H12FO5S/c1-4-7(15-9(12)13-3)6(10)8(16-4)14-5(2)11/h4,6-8H,1H2,2-3H3/t4-,6+,7-,8?/m1/s1. The van der Waals surface area contributed by atoms with Crippen LogP contribution in [0.15, 0.2) is 0 Å². The first-order valence-corrected chi connectivity index (χ1v) is 5.44. The van der Waals surface area contributed by atoms with Gasteiger partial charge in [0.15, 0.2) is 17.7 Å². The van der Waals surface area contributed by atoms with Gasteiger partial charge >= 0.3 is 12.1 Å². The lowest BCUT2D eigenvalue weighted by atomic mass is 10.2. The molecule has 0 aromatic carbocycles. The van der Waals surface area contributed by atoms with E-state index in [0.29, 0.717) is 0 Å². The Hall–Kier alpha value is -0.980. The molecule has 1 aliphatic heterocycles. The van der Waals surface area contributed by atoms with Crippen molar-refractivity contribution in [3.63, 3.8) is 0 Å². The maximum absolute atomic E-state index is 13.7. The molecule has 0 aliphatic carbocycles. The molecule has 16 heavy (non-hydrogen) atoms. The molecule has 4 atom stereocenters. The SMILES string of the molecule is [CH2][C@H]1SC(OC(C)=O)[C@@H](F)[C@@H]1OC(=O)OC. The van der Waals surface area contributed by atoms with Crippen molar-refractivity contribution < 1.29 is 28.2 Å². The number of alkyl halides is 1. The third kappa shape index (κ3) is 3.01. The minimum atomic E-state index is -1.60. The second-order valence-electron chi connectivity index (χ2n) is 3.13. The number of rotatable bonds is 2. The van der Waals surface area contributed by atoms with Gasteiger partial charge in [-0.25, -0.2) is 9.18 Å². The number of esters is 1. The molecule has 0 aromatic rings. The van der Waals surface area contributed by atoms with E-state index in [4.69, 9.17) is 4.74 Å². The van der Waals surface area contributed by atoms with E-state index in [-0.39, 0.29) is 0 Å². The van der Waals surface area contributed by atoms with Gasteiger partial charge in [-0.05, 0) is 6.92 Å². The maximum atomic E-state index is 13.7. The van der Waals surface area contributed by atoms with E-state index in [1.807, 2.05) is 0 Å². The van der Waals surface area contributed by atoms with Crippen LogP contribution in [0.25, 0.3) is 0 Å². The normalized spacial score (nSPS) is 33.2. The van der Waals surface area contributed by atoms with Gasteiger partial charge < -0.3 is 14.2 Å². The van der Waals surface area contributed by atoms with Crippen molar-refractivity contribution in [2.75, 3.05) is 7.11 Å². The predicted octanol–water partition coefficient (Wildman–Crippen LogP) is 1.31. The van der Waals surface area contributed by atoms with Crippen molar-refractivity contribution in [1.29, 1.82) is 0 Å². The molecule has 91 valence electrons. The van der Waals surface area contributed by atoms with Crippen molar-refractivity contribution >= 4 is 23.9 Å². The smallest absolute Gasteiger partial charge is 0.448 e. The third-order valence-electron chi connectivity index (χ3n) is 1.93. The highest BCUT2D eigenvalue weighted by molar-refractivity contribution is 8.00. The zero-order valence-electron chi connectivity index (χ0n) is 8.84. The molecule has 1 aliphatic rings. The van der Waals surface area contributed by atoms with E-state index < -0.39 is 35.1 Å². The third-order valence-corrected chi connectivity index (χ3v) is 3.17. The number of carbonyl (C=O) groups is 2. The van der Waals surface area contributed by atoms with Crippen LogP contribution in [0.5, 0.6) is 0 Å². The number of thioether (sulfide) groups is 1. The highest BCUT2D eigenvalue weighted by atomic mass is 32.2. The molecule has 1 heterocycles. The summed E-state index contributed by atoms with van der Waals surface area (Å²) in [7, 11) is 1.12. The summed E-state index contributed by atoms with van der Waals surface area (Å²) in [5, 5.41) is -0.543. The number of hydrogen-bond donors (Lipinski definition) is 0. The average molecular weight is 251 g/mol. The summed E-state index contributed by atoms with van der Waals surface area (Å²) >= 11 is 1.00. The molecule has 1 radical (unpaired) electrons. The van der Waals surface area contributed by atoms with Crippen LogP contribution in [0.1, 0.15) is 6.92 Å². The van der Waals surface area contributed by atoms with Gasteiger partial charge in [-0.2, -0.15) is 0 Å². The summed E-state index contributed by atoms with van der Waals surface area (Å²) in [6.45, 7) is 4.79. The Labute approximate surface area is 96.6 Å². The fourth-order valence-electron chi connectivity index (χ4n) is 1.24. The number of carbonyl (C=O) groups excluding carboxylic acids is 2. The predicted molar refractivity (Wildman–Crippen MR) is 54.5 cm³/mol. The molecule has 0 amide bonds. The van der Waals surface area contributed by atoms with Crippen molar-refractivity contribution in [2.45, 2.75) is 29.9 Å². The van der Waals surface area contributed by atoms with Gasteiger partial charge in [0.25, 0.3) is 0 Å². The molecular weight excluding hydrogens is 239 g/mol. The lowest BCUT2D eigenvalue weighted by Gasteiger charge is -2.17. The van der Waals surface area contributed by atoms with Gasteiger partial charge in [0.05, 0.1) is 7.11 Å². The van der Waals surface area contributed by atoms with Crippen LogP contribution >= 0.6 is 11.8 Å². The average Bonchev–Trinajstić information content (AvgIpc) is 2.45. The number of halogens is 1. The van der Waals surface area contributed by atoms with Crippen LogP contribution in [0.4, 0.5) is 9.18 Å². The van der Waals surface area contributed by atoms with Crippen LogP contribution in [0.3, 0.4) is 0 Å². The zero-order chi connectivity index (χ0) is 12.3. The first kappa shape index (κ1) is 13.1. The summed E-state index contributed by atoms with van der Waals surface area (Å²) in [5.74, 6) is -0.592. The molecule has 0 spiro atoms. The van der Waals surface area contributed by atoms with E-state index in [9.17, 15) is 14.0 Å². The van der Waals surface area contributed by atoms with Gasteiger partial charge in [0, 0.05) is 12.2 Å². The Bertz CT molecular complexity index is 285. The summed E-state index contributed by atoms with van der Waals surface area (Å²) in [5.41, 5.74) is -0.991. The van der Waals surface area contributed by atoms with Gasteiger partial charge in [0.1, 0.15) is 0 Å². The second-order valence-corrected chi connectivity index (χ2v) is 4.48. The minimum absolute atomic E-state index is 0.543. The van der Waals surface area contributed by atoms with Crippen LogP contribution in [0, 0.1) is 6.92 Å². The van der Waals surface area contributed by atoms with Crippen molar-refractivity contribution in [3.8, 4) is 0 Å². The Morgan fingerprint density at radius 2 is 2.00 bits per heavy atom. The van der Waals surface area contributed by atoms with Crippen LogP contribution in [0.2, 0.25) is 0 Å². The van der Waals surface area contributed by atoms with E-state index >= 15 is 0 Å². The maximum Gasteiger partial charge on any atom is 0.508 e. The lowest BCUT2D eigenvalue weighted by Crippen LogP contribution is -2.34. The van der Waals surface area contributed by atoms with Gasteiger partial charge in [-0.15, -0.1) is 11.8 Å². The quantitative estimate of drug-likeness (QED) is 0.690. The number of hydrogen-bond acceptors (Lipinski definition) is 6. The van der Waals surface area contributed by atoms with Crippen molar-refractivity contribution in [3.05, 3.63) is 6.92 Å². The Balaban J connectivity index is 2.59. The lowest BCUT2D eigenvalue weighted by molar-refractivity contribution is -0.145. The number of methoxy groups -OCH3 is 1. The van der Waals surface area contributed by atoms with Crippen molar-refractivity contribution in [2.24, 2.45) is 0 Å². The van der Waals surface area contributed by atoms with Gasteiger partial charge in [-0.1, -0.05) is 0 Å². The summed E-state index contributed by atoms with van der Waals surface area (Å²) < 4.78 is 27.3. The molecule has 0 N–H and O–H groups in total. The monoisotopic (exact) mass is 251 g/mol. The largest absolute Gasteiger partial charge is 0.508 e. The molecule has 5 nitrogen and oxygen atoms in total. The summed E-state index contributed by atoms with van der Waals surface area (Å²) in [4.78, 5) is 21.5. The Morgan fingerprint density at radius 3 is 2.50 bits per heavy atom. The first-order valence-electron chi connectivity index (χ1n) is 4.50. The molecule has 0 bridgehead atoms. The van der Waals surface area contributed by atoms with E-state index in [1.54, 1.807) is 0 Å². The Morgan fingerprint density at radius 1 is 1.38 bits per heavy atom. The van der Waals surface area contributed by atoms with Gasteiger partial charge in [-0.3, -0.25) is 4.79 Å². The minimum Gasteiger partial charge on any atom is -0.448 e. The number of ether oxygens (including phenoxy) is 3. The van der Waals surface area contributed by atoms with E-state index in [2.05, 4.69) is 16.4 Å². The van der Waals surface area contributed by atoms with Crippen LogP contribution in [-0.4, -0.2) is 42.2 Å². The molecule has 1 fully saturated rings. The second kappa shape index (κ2) is 5.38. The topological polar surface area (TPSA) is 61.8 Å². The fourth-order valence-corrected chi connectivity index (χ4v) is 2.44. The summed E-state index contributed by atoms with van der Waals surface area (Å²) in [6, 6.07) is 0. The zero-order valence-corrected chi connectivity index (χ0v) is 9.66. The van der Waals surface area contributed by atoms with E-state index in [1.165, 1.54) is 6.92 Å². The molecular formula is C9H12FO5S. The van der Waals surface area contributed by atoms with Gasteiger partial charge in [0.2, 0.25) is 0 Å². The Kier molecular flexibility index (Phi) is 4.40.